The lowest BCUT2D eigenvalue weighted by atomic mass is 10.1. The van der Waals surface area contributed by atoms with Crippen molar-refractivity contribution in [1.29, 1.82) is 0 Å². The quantitative estimate of drug-likeness (QED) is 0.820. The third kappa shape index (κ3) is 2.41. The minimum atomic E-state index is -0.264. The molecule has 1 fully saturated rings. The van der Waals surface area contributed by atoms with Crippen LogP contribution in [0.5, 0.6) is 0 Å². The average molecular weight is 313 g/mol. The predicted molar refractivity (Wildman–Crippen MR) is 79.9 cm³/mol. The number of carbonyl (C=O) groups is 2. The molecule has 23 heavy (non-hydrogen) atoms. The molecule has 1 atom stereocenters. The third-order valence-electron chi connectivity index (χ3n) is 4.48. The highest BCUT2D eigenvalue weighted by atomic mass is 16.6. The molecule has 118 valence electrons. The number of benzene rings is 1. The van der Waals surface area contributed by atoms with E-state index in [1.54, 1.807) is 23.1 Å². The molecular formula is C17H17N2O4+. The number of nitrogens with zero attached hydrogens (tertiary/aromatic N) is 1. The fraction of sp³-hybridized carbons (Fsp3) is 0.294. The molecule has 4 rings (SSSR count). The number of quaternary nitrogens is 1. The summed E-state index contributed by atoms with van der Waals surface area (Å²) < 4.78 is 10.7. The topological polar surface area (TPSA) is 64.2 Å². The Kier molecular flexibility index (Phi) is 3.38. The fourth-order valence-electron chi connectivity index (χ4n) is 3.26. The van der Waals surface area contributed by atoms with Gasteiger partial charge in [0.15, 0.2) is 5.76 Å². The van der Waals surface area contributed by atoms with Crippen molar-refractivity contribution < 1.29 is 23.6 Å². The first-order valence-corrected chi connectivity index (χ1v) is 7.71. The number of carbonyl (C=O) groups excluding carboxylic acids is 2. The summed E-state index contributed by atoms with van der Waals surface area (Å²) in [6.45, 7) is 2.70. The van der Waals surface area contributed by atoms with E-state index in [0.29, 0.717) is 24.4 Å². The normalized spacial score (nSPS) is 21.1. The summed E-state index contributed by atoms with van der Waals surface area (Å²) in [5.74, 6) is 0.0242. The van der Waals surface area contributed by atoms with Crippen LogP contribution in [0.4, 0.5) is 0 Å². The highest BCUT2D eigenvalue weighted by Gasteiger charge is 2.40. The van der Waals surface area contributed by atoms with Gasteiger partial charge in [0.25, 0.3) is 12.1 Å². The lowest BCUT2D eigenvalue weighted by Crippen LogP contribution is -3.15. The predicted octanol–water partition coefficient (Wildman–Crippen LogP) is 0.490. The second kappa shape index (κ2) is 5.55. The number of fused-ring (bicyclic) bond motifs is 1. The molecule has 0 unspecified atom stereocenters. The van der Waals surface area contributed by atoms with E-state index in [1.165, 1.54) is 11.2 Å². The standard InChI is InChI=1S/C17H16N2O4/c20-15(14-6-3-11-22-14)18-7-9-19(10-8-18)16-12-4-1-2-5-13(12)17(21)23-16/h1-6,11,16H,7-10H2/p+1/t16-/m0/s1. The van der Waals surface area contributed by atoms with Gasteiger partial charge in [0.2, 0.25) is 0 Å². The van der Waals surface area contributed by atoms with E-state index < -0.39 is 0 Å². The molecule has 2 aliphatic heterocycles. The first kappa shape index (κ1) is 14.0. The Morgan fingerprint density at radius 1 is 1.13 bits per heavy atom. The molecule has 6 heteroatoms. The molecule has 1 N–H and O–H groups in total. The molecule has 0 saturated carbocycles. The maximum absolute atomic E-state index is 12.3. The Morgan fingerprint density at radius 2 is 1.91 bits per heavy atom. The van der Waals surface area contributed by atoms with E-state index in [4.69, 9.17) is 9.15 Å². The molecule has 0 radical (unpaired) electrons. The van der Waals surface area contributed by atoms with E-state index >= 15 is 0 Å². The van der Waals surface area contributed by atoms with Crippen LogP contribution in [0.1, 0.15) is 32.7 Å². The number of furan rings is 1. The summed E-state index contributed by atoms with van der Waals surface area (Å²) in [5.41, 5.74) is 1.59. The second-order valence-corrected chi connectivity index (χ2v) is 5.80. The van der Waals surface area contributed by atoms with Crippen LogP contribution in [0.3, 0.4) is 0 Å². The van der Waals surface area contributed by atoms with Gasteiger partial charge in [0.05, 0.1) is 43.6 Å². The summed E-state index contributed by atoms with van der Waals surface area (Å²) in [5, 5.41) is 0. The molecule has 1 aromatic heterocycles. The van der Waals surface area contributed by atoms with Crippen LogP contribution in [0.15, 0.2) is 47.1 Å². The molecule has 0 bridgehead atoms. The number of piperazine rings is 1. The highest BCUT2D eigenvalue weighted by molar-refractivity contribution is 5.93. The van der Waals surface area contributed by atoms with E-state index in [-0.39, 0.29) is 18.1 Å². The van der Waals surface area contributed by atoms with Crippen LogP contribution in [0, 0.1) is 0 Å². The zero-order valence-corrected chi connectivity index (χ0v) is 12.5. The number of rotatable bonds is 2. The van der Waals surface area contributed by atoms with Gasteiger partial charge in [-0.2, -0.15) is 0 Å². The molecule has 2 aromatic rings. The van der Waals surface area contributed by atoms with Gasteiger partial charge in [-0.05, 0) is 24.3 Å². The number of cyclic esters (lactones) is 1. The maximum Gasteiger partial charge on any atom is 0.343 e. The van der Waals surface area contributed by atoms with E-state index in [0.717, 1.165) is 18.7 Å². The van der Waals surface area contributed by atoms with Crippen molar-refractivity contribution in [2.75, 3.05) is 26.2 Å². The molecule has 3 heterocycles. The average Bonchev–Trinajstić information content (AvgIpc) is 3.23. The molecule has 0 spiro atoms. The molecule has 1 amide bonds. The second-order valence-electron chi connectivity index (χ2n) is 5.80. The van der Waals surface area contributed by atoms with Crippen molar-refractivity contribution >= 4 is 11.9 Å². The van der Waals surface area contributed by atoms with Crippen LogP contribution < -0.4 is 4.90 Å². The number of ether oxygens (including phenoxy) is 1. The molecule has 2 aliphatic rings. The maximum atomic E-state index is 12.3. The number of nitrogens with one attached hydrogen (secondary N) is 1. The first-order chi connectivity index (χ1) is 11.2. The Labute approximate surface area is 133 Å². The van der Waals surface area contributed by atoms with E-state index in [1.807, 2.05) is 18.2 Å². The van der Waals surface area contributed by atoms with Gasteiger partial charge in [-0.15, -0.1) is 0 Å². The Morgan fingerprint density at radius 3 is 2.65 bits per heavy atom. The lowest BCUT2D eigenvalue weighted by molar-refractivity contribution is -0.955. The summed E-state index contributed by atoms with van der Waals surface area (Å²) in [4.78, 5) is 27.2. The van der Waals surface area contributed by atoms with Crippen molar-refractivity contribution in [2.24, 2.45) is 0 Å². The van der Waals surface area contributed by atoms with Gasteiger partial charge in [0.1, 0.15) is 0 Å². The monoisotopic (exact) mass is 313 g/mol. The number of esters is 1. The van der Waals surface area contributed by atoms with Gasteiger partial charge in [-0.1, -0.05) is 12.1 Å². The van der Waals surface area contributed by atoms with Crippen LogP contribution in [0.2, 0.25) is 0 Å². The van der Waals surface area contributed by atoms with Gasteiger partial charge in [0, 0.05) is 0 Å². The Bertz CT molecular complexity index is 733. The van der Waals surface area contributed by atoms with Crippen LogP contribution in [-0.2, 0) is 4.74 Å². The van der Waals surface area contributed by atoms with Crippen molar-refractivity contribution in [2.45, 2.75) is 6.23 Å². The third-order valence-corrected chi connectivity index (χ3v) is 4.48. The Hall–Kier alpha value is -2.60. The van der Waals surface area contributed by atoms with Gasteiger partial charge >= 0.3 is 5.97 Å². The minimum Gasteiger partial charge on any atom is -0.459 e. The van der Waals surface area contributed by atoms with E-state index in [2.05, 4.69) is 0 Å². The smallest absolute Gasteiger partial charge is 0.343 e. The molecule has 1 aromatic carbocycles. The number of amides is 1. The highest BCUT2D eigenvalue weighted by Crippen LogP contribution is 2.26. The van der Waals surface area contributed by atoms with Crippen molar-refractivity contribution in [3.8, 4) is 0 Å². The fourth-order valence-corrected chi connectivity index (χ4v) is 3.26. The van der Waals surface area contributed by atoms with Crippen LogP contribution in [-0.4, -0.2) is 43.0 Å². The molecule has 1 saturated heterocycles. The van der Waals surface area contributed by atoms with Crippen molar-refractivity contribution in [3.63, 3.8) is 0 Å². The summed E-state index contributed by atoms with van der Waals surface area (Å²) in [6.07, 6.45) is 1.24. The zero-order valence-electron chi connectivity index (χ0n) is 12.5. The summed E-state index contributed by atoms with van der Waals surface area (Å²) >= 11 is 0. The van der Waals surface area contributed by atoms with Gasteiger partial charge in [-0.3, -0.25) is 9.69 Å². The summed E-state index contributed by atoms with van der Waals surface area (Å²) in [6, 6.07) is 10.9. The molecular weight excluding hydrogens is 296 g/mol. The number of hydrogen-bond donors (Lipinski definition) is 1. The zero-order chi connectivity index (χ0) is 15.8. The largest absolute Gasteiger partial charge is 0.459 e. The minimum absolute atomic E-state index is 0.0853. The van der Waals surface area contributed by atoms with Crippen LogP contribution >= 0.6 is 0 Å². The molecule has 6 nitrogen and oxygen atoms in total. The first-order valence-electron chi connectivity index (χ1n) is 7.71. The number of hydrogen-bond acceptors (Lipinski definition) is 4. The van der Waals surface area contributed by atoms with Gasteiger partial charge < -0.3 is 14.1 Å². The SMILES string of the molecule is O=C1O[C@H]([NH+]2CCN(C(=O)c3ccco3)CC2)c2ccccc21. The van der Waals surface area contributed by atoms with Crippen molar-refractivity contribution in [1.82, 2.24) is 4.90 Å². The van der Waals surface area contributed by atoms with Crippen molar-refractivity contribution in [3.05, 3.63) is 59.5 Å². The summed E-state index contributed by atoms with van der Waals surface area (Å²) in [7, 11) is 0. The van der Waals surface area contributed by atoms with Crippen LogP contribution in [0.25, 0.3) is 0 Å². The lowest BCUT2D eigenvalue weighted by Gasteiger charge is -2.34. The Balaban J connectivity index is 1.45. The molecule has 0 aliphatic carbocycles. The van der Waals surface area contributed by atoms with E-state index in [9.17, 15) is 9.59 Å². The van der Waals surface area contributed by atoms with Gasteiger partial charge in [-0.25, -0.2) is 4.79 Å².